The number of carboxylic acids is 1. The van der Waals surface area contributed by atoms with Crippen molar-refractivity contribution in [3.05, 3.63) is 33.6 Å². The molecule has 1 heterocycles. The van der Waals surface area contributed by atoms with Crippen LogP contribution in [0.1, 0.15) is 23.7 Å². The summed E-state index contributed by atoms with van der Waals surface area (Å²) in [5.74, 6) is -2.41. The second-order valence-corrected chi connectivity index (χ2v) is 5.16. The minimum absolute atomic E-state index is 0.0109. The van der Waals surface area contributed by atoms with E-state index in [0.29, 0.717) is 25.6 Å². The smallest absolute Gasteiger partial charge is 0.342 e. The maximum Gasteiger partial charge on any atom is 0.342 e. The fraction of sp³-hybridized carbons (Fsp3) is 0.462. The van der Waals surface area contributed by atoms with E-state index in [9.17, 15) is 24.4 Å². The van der Waals surface area contributed by atoms with Crippen molar-refractivity contribution in [3.63, 3.8) is 0 Å². The predicted molar refractivity (Wildman–Crippen MR) is 72.0 cm³/mol. The van der Waals surface area contributed by atoms with Gasteiger partial charge in [-0.15, -0.1) is 0 Å². The lowest BCUT2D eigenvalue weighted by Gasteiger charge is -2.36. The molecule has 1 fully saturated rings. The lowest BCUT2D eigenvalue weighted by molar-refractivity contribution is -0.385. The van der Waals surface area contributed by atoms with Crippen molar-refractivity contribution in [2.45, 2.75) is 19.4 Å². The van der Waals surface area contributed by atoms with Gasteiger partial charge in [-0.25, -0.2) is 9.18 Å². The van der Waals surface area contributed by atoms with E-state index in [1.165, 1.54) is 0 Å². The van der Waals surface area contributed by atoms with Gasteiger partial charge in [0, 0.05) is 13.1 Å². The zero-order valence-corrected chi connectivity index (χ0v) is 11.3. The molecule has 7 nitrogen and oxygen atoms in total. The largest absolute Gasteiger partial charge is 0.477 e. The fourth-order valence-electron chi connectivity index (χ4n) is 2.47. The van der Waals surface area contributed by atoms with E-state index in [2.05, 4.69) is 0 Å². The van der Waals surface area contributed by atoms with Crippen LogP contribution in [-0.4, -0.2) is 40.3 Å². The van der Waals surface area contributed by atoms with Gasteiger partial charge in [-0.05, 0) is 18.4 Å². The van der Waals surface area contributed by atoms with Gasteiger partial charge in [0.25, 0.3) is 5.69 Å². The Morgan fingerprint density at radius 3 is 2.71 bits per heavy atom. The molecule has 0 saturated carbocycles. The summed E-state index contributed by atoms with van der Waals surface area (Å²) in [6, 6.07) is 1.62. The fourth-order valence-corrected chi connectivity index (χ4v) is 2.47. The van der Waals surface area contributed by atoms with E-state index >= 15 is 0 Å². The molecule has 0 spiro atoms. The van der Waals surface area contributed by atoms with Crippen LogP contribution >= 0.6 is 0 Å². The molecule has 8 heteroatoms. The molecular weight excluding hydrogens is 283 g/mol. The van der Waals surface area contributed by atoms with Gasteiger partial charge in [0.05, 0.1) is 22.8 Å². The van der Waals surface area contributed by atoms with Crippen LogP contribution < -0.4 is 4.90 Å². The molecule has 21 heavy (non-hydrogen) atoms. The quantitative estimate of drug-likeness (QED) is 0.649. The molecule has 2 atom stereocenters. The molecule has 0 amide bonds. The summed E-state index contributed by atoms with van der Waals surface area (Å²) in [7, 11) is 0. The molecule has 0 radical (unpaired) electrons. The van der Waals surface area contributed by atoms with Crippen LogP contribution in [0.3, 0.4) is 0 Å². The Morgan fingerprint density at radius 2 is 2.19 bits per heavy atom. The summed E-state index contributed by atoms with van der Waals surface area (Å²) in [6.07, 6.45) is -0.0543. The second kappa shape index (κ2) is 5.65. The SMILES string of the molecule is CC1CN(c2cc(C(=O)O)c([N+](=O)[O-])cc2F)CCC1O. The average molecular weight is 298 g/mol. The molecule has 1 saturated heterocycles. The number of aliphatic hydroxyl groups excluding tert-OH is 1. The summed E-state index contributed by atoms with van der Waals surface area (Å²) in [5.41, 5.74) is -1.30. The normalized spacial score (nSPS) is 22.1. The molecule has 0 aliphatic carbocycles. The number of aromatic carboxylic acids is 1. The second-order valence-electron chi connectivity index (χ2n) is 5.16. The lowest BCUT2D eigenvalue weighted by Crippen LogP contribution is -2.42. The summed E-state index contributed by atoms with van der Waals surface area (Å²) >= 11 is 0. The highest BCUT2D eigenvalue weighted by Gasteiger charge is 2.29. The number of aliphatic hydroxyl groups is 1. The van der Waals surface area contributed by atoms with Crippen LogP contribution in [-0.2, 0) is 0 Å². The standard InChI is InChI=1S/C13H15FN2O5/c1-7-6-15(3-2-12(7)17)11-4-8(13(18)19)10(16(20)21)5-9(11)14/h4-5,7,12,17H,2-3,6H2,1H3,(H,18,19). The average Bonchev–Trinajstić information content (AvgIpc) is 2.41. The zero-order valence-electron chi connectivity index (χ0n) is 11.3. The van der Waals surface area contributed by atoms with E-state index < -0.39 is 34.1 Å². The molecular formula is C13H15FN2O5. The number of nitrogens with zero attached hydrogens (tertiary/aromatic N) is 2. The first-order valence-corrected chi connectivity index (χ1v) is 6.45. The van der Waals surface area contributed by atoms with Gasteiger partial charge >= 0.3 is 5.97 Å². The molecule has 0 bridgehead atoms. The summed E-state index contributed by atoms with van der Waals surface area (Å²) < 4.78 is 14.1. The van der Waals surface area contributed by atoms with Gasteiger partial charge in [-0.3, -0.25) is 10.1 Å². The highest BCUT2D eigenvalue weighted by molar-refractivity contribution is 5.93. The number of halogens is 1. The Kier molecular flexibility index (Phi) is 4.08. The number of benzene rings is 1. The maximum absolute atomic E-state index is 14.1. The van der Waals surface area contributed by atoms with Gasteiger partial charge in [0.1, 0.15) is 5.56 Å². The van der Waals surface area contributed by atoms with Crippen molar-refractivity contribution >= 4 is 17.3 Å². The summed E-state index contributed by atoms with van der Waals surface area (Å²) in [5, 5.41) is 29.5. The number of carbonyl (C=O) groups is 1. The van der Waals surface area contributed by atoms with Crippen LogP contribution in [0.2, 0.25) is 0 Å². The first-order chi connectivity index (χ1) is 9.81. The Bertz CT molecular complexity index is 592. The first-order valence-electron chi connectivity index (χ1n) is 6.45. The number of rotatable bonds is 3. The topological polar surface area (TPSA) is 104 Å². The Hall–Kier alpha value is -2.22. The van der Waals surface area contributed by atoms with Gasteiger partial charge in [-0.1, -0.05) is 6.92 Å². The first kappa shape index (κ1) is 15.2. The molecule has 1 aromatic rings. The number of hydrogen-bond acceptors (Lipinski definition) is 5. The van der Waals surface area contributed by atoms with Gasteiger partial charge in [0.15, 0.2) is 5.82 Å². The monoisotopic (exact) mass is 298 g/mol. The van der Waals surface area contributed by atoms with Crippen molar-refractivity contribution in [1.29, 1.82) is 0 Å². The van der Waals surface area contributed by atoms with E-state index in [1.54, 1.807) is 11.8 Å². The molecule has 2 rings (SSSR count). The third kappa shape index (κ3) is 2.94. The number of carboxylic acid groups (broad SMARTS) is 1. The van der Waals surface area contributed by atoms with E-state index in [0.717, 1.165) is 6.07 Å². The molecule has 2 unspecified atom stereocenters. The van der Waals surface area contributed by atoms with Crippen molar-refractivity contribution in [2.75, 3.05) is 18.0 Å². The van der Waals surface area contributed by atoms with Crippen molar-refractivity contribution in [3.8, 4) is 0 Å². The lowest BCUT2D eigenvalue weighted by atomic mass is 9.96. The molecule has 0 aromatic heterocycles. The van der Waals surface area contributed by atoms with Crippen LogP contribution in [0, 0.1) is 21.8 Å². The highest BCUT2D eigenvalue weighted by Crippen LogP contribution is 2.31. The van der Waals surface area contributed by atoms with Gasteiger partial charge < -0.3 is 15.1 Å². The Balaban J connectivity index is 2.43. The van der Waals surface area contributed by atoms with Gasteiger partial charge in [0.2, 0.25) is 0 Å². The molecule has 2 N–H and O–H groups in total. The molecule has 1 aliphatic heterocycles. The Labute approximate surface area is 119 Å². The number of piperidine rings is 1. The minimum atomic E-state index is -1.48. The molecule has 1 aromatic carbocycles. The number of nitro benzene ring substituents is 1. The third-order valence-electron chi connectivity index (χ3n) is 3.69. The summed E-state index contributed by atoms with van der Waals surface area (Å²) in [6.45, 7) is 2.52. The van der Waals surface area contributed by atoms with Crippen LogP contribution in [0.25, 0.3) is 0 Å². The molecule has 1 aliphatic rings. The van der Waals surface area contributed by atoms with Crippen LogP contribution in [0.4, 0.5) is 15.8 Å². The van der Waals surface area contributed by atoms with Crippen LogP contribution in [0.15, 0.2) is 12.1 Å². The van der Waals surface area contributed by atoms with Crippen molar-refractivity contribution in [1.82, 2.24) is 0 Å². The maximum atomic E-state index is 14.1. The summed E-state index contributed by atoms with van der Waals surface area (Å²) in [4.78, 5) is 22.6. The number of hydrogen-bond donors (Lipinski definition) is 2. The van der Waals surface area contributed by atoms with E-state index in [-0.39, 0.29) is 11.6 Å². The van der Waals surface area contributed by atoms with Crippen LogP contribution in [0.5, 0.6) is 0 Å². The van der Waals surface area contributed by atoms with Crippen molar-refractivity contribution < 1.29 is 24.3 Å². The van der Waals surface area contributed by atoms with E-state index in [1.807, 2.05) is 0 Å². The van der Waals surface area contributed by atoms with E-state index in [4.69, 9.17) is 5.11 Å². The number of anilines is 1. The Morgan fingerprint density at radius 1 is 1.52 bits per heavy atom. The van der Waals surface area contributed by atoms with Gasteiger partial charge in [-0.2, -0.15) is 0 Å². The molecule has 114 valence electrons. The third-order valence-corrected chi connectivity index (χ3v) is 3.69. The zero-order chi connectivity index (χ0) is 15.7. The number of nitro groups is 1. The predicted octanol–water partition coefficient (Wildman–Crippen LogP) is 1.64. The minimum Gasteiger partial charge on any atom is -0.477 e. The highest BCUT2D eigenvalue weighted by atomic mass is 19.1. The van der Waals surface area contributed by atoms with Crippen molar-refractivity contribution in [2.24, 2.45) is 5.92 Å².